The number of non-ortho nitro benzene ring substituents is 1. The number of hydrogen-bond acceptors (Lipinski definition) is 5. The zero-order valence-electron chi connectivity index (χ0n) is 13.5. The van der Waals surface area contributed by atoms with Gasteiger partial charge in [-0.2, -0.15) is 0 Å². The molecule has 0 N–H and O–H groups in total. The second-order valence-electron chi connectivity index (χ2n) is 5.03. The maximum absolute atomic E-state index is 12.2. The van der Waals surface area contributed by atoms with Crippen molar-refractivity contribution in [3.05, 3.63) is 74.8 Å². The highest BCUT2D eigenvalue weighted by molar-refractivity contribution is 6.32. The molecule has 0 bridgehead atoms. The van der Waals surface area contributed by atoms with Crippen LogP contribution in [0.25, 0.3) is 6.08 Å². The molecule has 0 aliphatic heterocycles. The smallest absolute Gasteiger partial charge is 0.270 e. The van der Waals surface area contributed by atoms with Crippen LogP contribution in [0.3, 0.4) is 0 Å². The van der Waals surface area contributed by atoms with Crippen molar-refractivity contribution in [2.24, 2.45) is 0 Å². The van der Waals surface area contributed by atoms with Gasteiger partial charge in [0.15, 0.2) is 5.78 Å². The van der Waals surface area contributed by atoms with E-state index in [1.807, 2.05) is 0 Å². The van der Waals surface area contributed by atoms with E-state index in [0.717, 1.165) is 0 Å². The van der Waals surface area contributed by atoms with Gasteiger partial charge < -0.3 is 9.47 Å². The van der Waals surface area contributed by atoms with Crippen LogP contribution in [0.5, 0.6) is 5.75 Å². The van der Waals surface area contributed by atoms with Crippen molar-refractivity contribution in [1.29, 1.82) is 0 Å². The number of halogens is 1. The first-order valence-electron chi connectivity index (χ1n) is 7.39. The summed E-state index contributed by atoms with van der Waals surface area (Å²) in [6, 6.07) is 10.7. The monoisotopic (exact) mass is 361 g/mol. The van der Waals surface area contributed by atoms with Crippen molar-refractivity contribution in [3.63, 3.8) is 0 Å². The van der Waals surface area contributed by atoms with E-state index in [0.29, 0.717) is 35.1 Å². The minimum absolute atomic E-state index is 0.0888. The lowest BCUT2D eigenvalue weighted by molar-refractivity contribution is -0.384. The number of carbonyl (C=O) groups excluding carboxylic acids is 1. The van der Waals surface area contributed by atoms with Crippen molar-refractivity contribution < 1.29 is 19.2 Å². The van der Waals surface area contributed by atoms with Crippen LogP contribution in [0.4, 0.5) is 5.69 Å². The molecule has 0 spiro atoms. The molecule has 25 heavy (non-hydrogen) atoms. The van der Waals surface area contributed by atoms with Gasteiger partial charge in [0.05, 0.1) is 11.5 Å². The molecule has 0 saturated carbocycles. The molecule has 7 heteroatoms. The number of carbonyl (C=O) groups is 1. The second-order valence-corrected chi connectivity index (χ2v) is 5.43. The van der Waals surface area contributed by atoms with E-state index >= 15 is 0 Å². The molecular formula is C18H16ClNO5. The van der Waals surface area contributed by atoms with Gasteiger partial charge in [0, 0.05) is 29.8 Å². The standard InChI is InChI=1S/C18H16ClNO5/c1-24-10-11-25-16-6-2-13(3-7-16)18(21)9-4-14-12-15(20(22)23)5-8-17(14)19/h2-9,12H,10-11H2,1H3/b9-4-. The molecule has 2 aromatic rings. The predicted octanol–water partition coefficient (Wildman–Crippen LogP) is 4.17. The number of nitro benzene ring substituents is 1. The Balaban J connectivity index is 2.07. The van der Waals surface area contributed by atoms with Gasteiger partial charge in [-0.05, 0) is 48.0 Å². The molecule has 0 aliphatic carbocycles. The van der Waals surface area contributed by atoms with Crippen LogP contribution >= 0.6 is 11.6 Å². The molecule has 0 unspecified atom stereocenters. The van der Waals surface area contributed by atoms with Gasteiger partial charge in [0.2, 0.25) is 0 Å². The molecule has 0 aliphatic rings. The summed E-state index contributed by atoms with van der Waals surface area (Å²) in [5, 5.41) is 11.1. The number of rotatable bonds is 8. The maximum atomic E-state index is 12.2. The van der Waals surface area contributed by atoms with Crippen molar-refractivity contribution >= 4 is 29.1 Å². The average Bonchev–Trinajstić information content (AvgIpc) is 2.61. The van der Waals surface area contributed by atoms with Crippen LogP contribution in [-0.4, -0.2) is 31.0 Å². The average molecular weight is 362 g/mol. The van der Waals surface area contributed by atoms with E-state index in [9.17, 15) is 14.9 Å². The van der Waals surface area contributed by atoms with Gasteiger partial charge in [0.25, 0.3) is 5.69 Å². The fourth-order valence-electron chi connectivity index (χ4n) is 1.99. The van der Waals surface area contributed by atoms with Crippen molar-refractivity contribution in [2.75, 3.05) is 20.3 Å². The molecule has 0 radical (unpaired) electrons. The van der Waals surface area contributed by atoms with Gasteiger partial charge >= 0.3 is 0 Å². The number of methoxy groups -OCH3 is 1. The van der Waals surface area contributed by atoms with E-state index in [1.54, 1.807) is 31.4 Å². The van der Waals surface area contributed by atoms with Crippen molar-refractivity contribution in [3.8, 4) is 5.75 Å². The Labute approximate surface area is 149 Å². The fraction of sp³-hybridized carbons (Fsp3) is 0.167. The van der Waals surface area contributed by atoms with Crippen LogP contribution in [0.2, 0.25) is 5.02 Å². The lowest BCUT2D eigenvalue weighted by atomic mass is 10.1. The molecule has 2 aromatic carbocycles. The normalized spacial score (nSPS) is 10.8. The molecule has 0 heterocycles. The molecule has 2 rings (SSSR count). The molecular weight excluding hydrogens is 346 g/mol. The summed E-state index contributed by atoms with van der Waals surface area (Å²) in [4.78, 5) is 22.5. The van der Waals surface area contributed by atoms with E-state index in [-0.39, 0.29) is 11.5 Å². The van der Waals surface area contributed by atoms with Crippen LogP contribution < -0.4 is 4.74 Å². The van der Waals surface area contributed by atoms with Gasteiger partial charge in [-0.15, -0.1) is 0 Å². The lowest BCUT2D eigenvalue weighted by Gasteiger charge is -2.05. The topological polar surface area (TPSA) is 78.7 Å². The fourth-order valence-corrected chi connectivity index (χ4v) is 2.17. The minimum atomic E-state index is -0.516. The summed E-state index contributed by atoms with van der Waals surface area (Å²) in [5.41, 5.74) is 0.787. The van der Waals surface area contributed by atoms with E-state index in [1.165, 1.54) is 30.4 Å². The van der Waals surface area contributed by atoms with E-state index in [4.69, 9.17) is 21.1 Å². The number of nitrogens with zero attached hydrogens (tertiary/aromatic N) is 1. The zero-order chi connectivity index (χ0) is 18.2. The molecule has 0 amide bonds. The molecule has 6 nitrogen and oxygen atoms in total. The number of ketones is 1. The molecule has 0 aromatic heterocycles. The predicted molar refractivity (Wildman–Crippen MR) is 95.3 cm³/mol. The number of ether oxygens (including phenoxy) is 2. The Kier molecular flexibility index (Phi) is 6.68. The lowest BCUT2D eigenvalue weighted by Crippen LogP contribution is -2.04. The molecule has 0 saturated heterocycles. The van der Waals surface area contributed by atoms with Crippen LogP contribution in [0.15, 0.2) is 48.5 Å². The van der Waals surface area contributed by atoms with Crippen LogP contribution in [-0.2, 0) is 4.74 Å². The zero-order valence-corrected chi connectivity index (χ0v) is 14.2. The highest BCUT2D eigenvalue weighted by Crippen LogP contribution is 2.23. The van der Waals surface area contributed by atoms with E-state index < -0.39 is 4.92 Å². The van der Waals surface area contributed by atoms with Crippen molar-refractivity contribution in [2.45, 2.75) is 0 Å². The first-order valence-corrected chi connectivity index (χ1v) is 7.77. The Hall–Kier alpha value is -2.70. The molecule has 0 fully saturated rings. The first kappa shape index (κ1) is 18.6. The minimum Gasteiger partial charge on any atom is -0.491 e. The summed E-state index contributed by atoms with van der Waals surface area (Å²) in [6.45, 7) is 0.905. The summed E-state index contributed by atoms with van der Waals surface area (Å²) in [6.07, 6.45) is 2.78. The third-order valence-electron chi connectivity index (χ3n) is 3.30. The quantitative estimate of drug-likeness (QED) is 0.232. The maximum Gasteiger partial charge on any atom is 0.270 e. The Morgan fingerprint density at radius 2 is 1.92 bits per heavy atom. The Morgan fingerprint density at radius 1 is 1.20 bits per heavy atom. The van der Waals surface area contributed by atoms with E-state index in [2.05, 4.69) is 0 Å². The number of nitro groups is 1. The SMILES string of the molecule is COCCOc1ccc(C(=O)/C=C\c2cc([N+](=O)[O-])ccc2Cl)cc1. The largest absolute Gasteiger partial charge is 0.491 e. The number of benzene rings is 2. The van der Waals surface area contributed by atoms with Gasteiger partial charge in [-0.1, -0.05) is 11.6 Å². The van der Waals surface area contributed by atoms with Crippen molar-refractivity contribution in [1.82, 2.24) is 0 Å². The van der Waals surface area contributed by atoms with Gasteiger partial charge in [-0.3, -0.25) is 14.9 Å². The molecule has 0 atom stereocenters. The highest BCUT2D eigenvalue weighted by Gasteiger charge is 2.09. The Bertz CT molecular complexity index is 787. The number of hydrogen-bond donors (Lipinski definition) is 0. The molecule has 130 valence electrons. The summed E-state index contributed by atoms with van der Waals surface area (Å²) < 4.78 is 10.3. The summed E-state index contributed by atoms with van der Waals surface area (Å²) in [5.74, 6) is 0.394. The number of allylic oxidation sites excluding steroid dienone is 1. The van der Waals surface area contributed by atoms with Crippen LogP contribution in [0.1, 0.15) is 15.9 Å². The Morgan fingerprint density at radius 3 is 2.56 bits per heavy atom. The van der Waals surface area contributed by atoms with Gasteiger partial charge in [0.1, 0.15) is 12.4 Å². The van der Waals surface area contributed by atoms with Crippen LogP contribution in [0, 0.1) is 10.1 Å². The summed E-state index contributed by atoms with van der Waals surface area (Å²) >= 11 is 6.00. The van der Waals surface area contributed by atoms with Gasteiger partial charge in [-0.25, -0.2) is 0 Å². The third-order valence-corrected chi connectivity index (χ3v) is 3.64. The summed E-state index contributed by atoms with van der Waals surface area (Å²) in [7, 11) is 1.59. The first-order chi connectivity index (χ1) is 12.0. The third kappa shape index (κ3) is 5.41. The second kappa shape index (κ2) is 8.96. The highest BCUT2D eigenvalue weighted by atomic mass is 35.5.